The van der Waals surface area contributed by atoms with Crippen LogP contribution in [0.5, 0.6) is 0 Å². The minimum atomic E-state index is 0.548. The first kappa shape index (κ1) is 12.6. The quantitative estimate of drug-likeness (QED) is 0.861. The molecule has 20 heavy (non-hydrogen) atoms. The summed E-state index contributed by atoms with van der Waals surface area (Å²) in [6.07, 6.45) is 2.39. The fourth-order valence-corrected chi connectivity index (χ4v) is 2.48. The molecule has 0 bridgehead atoms. The highest BCUT2D eigenvalue weighted by atomic mass is 15.2. The summed E-state index contributed by atoms with van der Waals surface area (Å²) in [7, 11) is 0. The lowest BCUT2D eigenvalue weighted by atomic mass is 10.1. The Bertz CT molecular complexity index is 639. The van der Waals surface area contributed by atoms with E-state index in [1.54, 1.807) is 6.07 Å². The van der Waals surface area contributed by atoms with Crippen molar-refractivity contribution in [2.45, 2.75) is 25.4 Å². The zero-order chi connectivity index (χ0) is 13.9. The van der Waals surface area contributed by atoms with E-state index in [9.17, 15) is 0 Å². The molecule has 1 aliphatic rings. The Morgan fingerprint density at radius 1 is 1.10 bits per heavy atom. The summed E-state index contributed by atoms with van der Waals surface area (Å²) >= 11 is 0. The van der Waals surface area contributed by atoms with Crippen molar-refractivity contribution < 1.29 is 0 Å². The van der Waals surface area contributed by atoms with Gasteiger partial charge in [-0.25, -0.2) is 0 Å². The van der Waals surface area contributed by atoms with Crippen LogP contribution in [-0.2, 0) is 6.54 Å². The third kappa shape index (κ3) is 2.46. The molecule has 0 aromatic heterocycles. The molecule has 0 radical (unpaired) electrons. The molecule has 0 saturated heterocycles. The van der Waals surface area contributed by atoms with Gasteiger partial charge in [0, 0.05) is 12.6 Å². The van der Waals surface area contributed by atoms with Gasteiger partial charge in [-0.1, -0.05) is 36.4 Å². The Hall–Kier alpha value is -2.47. The minimum Gasteiger partial charge on any atom is -0.396 e. The van der Waals surface area contributed by atoms with Crippen LogP contribution in [0.1, 0.15) is 24.0 Å². The van der Waals surface area contributed by atoms with E-state index < -0.39 is 0 Å². The first-order chi connectivity index (χ1) is 9.79. The molecule has 0 aliphatic heterocycles. The predicted octanol–water partition coefficient (Wildman–Crippen LogP) is 3.31. The van der Waals surface area contributed by atoms with Gasteiger partial charge < -0.3 is 10.6 Å². The van der Waals surface area contributed by atoms with Crippen molar-refractivity contribution in [2.75, 3.05) is 10.6 Å². The Kier molecular flexibility index (Phi) is 3.30. The van der Waals surface area contributed by atoms with E-state index in [2.05, 4.69) is 35.2 Å². The molecule has 3 nitrogen and oxygen atoms in total. The Balaban J connectivity index is 1.94. The number of anilines is 2. The van der Waals surface area contributed by atoms with Crippen LogP contribution in [0.2, 0.25) is 0 Å². The highest BCUT2D eigenvalue weighted by molar-refractivity contribution is 5.74. The summed E-state index contributed by atoms with van der Waals surface area (Å²) in [5.74, 6) is 0. The third-order valence-electron chi connectivity index (χ3n) is 3.70. The van der Waals surface area contributed by atoms with Crippen LogP contribution in [0.4, 0.5) is 11.4 Å². The maximum Gasteiger partial charge on any atom is 0.101 e. The van der Waals surface area contributed by atoms with Gasteiger partial charge in [0.25, 0.3) is 0 Å². The molecule has 3 heteroatoms. The van der Waals surface area contributed by atoms with Gasteiger partial charge in [0.05, 0.1) is 16.9 Å². The summed E-state index contributed by atoms with van der Waals surface area (Å²) in [6, 6.07) is 18.8. The van der Waals surface area contributed by atoms with Gasteiger partial charge in [-0.15, -0.1) is 0 Å². The van der Waals surface area contributed by atoms with E-state index in [-0.39, 0.29) is 0 Å². The van der Waals surface area contributed by atoms with Crippen LogP contribution < -0.4 is 10.6 Å². The fourth-order valence-electron chi connectivity index (χ4n) is 2.48. The number of rotatable bonds is 4. The number of hydrogen-bond donors (Lipinski definition) is 1. The second-order valence-electron chi connectivity index (χ2n) is 5.19. The van der Waals surface area contributed by atoms with Crippen molar-refractivity contribution in [1.82, 2.24) is 0 Å². The molecule has 3 rings (SSSR count). The zero-order valence-electron chi connectivity index (χ0n) is 11.3. The molecular weight excluding hydrogens is 246 g/mol. The molecule has 0 unspecified atom stereocenters. The highest BCUT2D eigenvalue weighted by Gasteiger charge is 2.30. The Morgan fingerprint density at radius 3 is 2.50 bits per heavy atom. The van der Waals surface area contributed by atoms with Crippen molar-refractivity contribution in [1.29, 1.82) is 5.26 Å². The average Bonchev–Trinajstić information content (AvgIpc) is 3.31. The molecular formula is C17H17N3. The maximum absolute atomic E-state index is 9.12. The van der Waals surface area contributed by atoms with E-state index in [0.717, 1.165) is 12.2 Å². The molecule has 1 saturated carbocycles. The summed E-state index contributed by atoms with van der Waals surface area (Å²) in [5.41, 5.74) is 9.55. The second kappa shape index (κ2) is 5.26. The lowest BCUT2D eigenvalue weighted by molar-refractivity contribution is 0.796. The van der Waals surface area contributed by atoms with Gasteiger partial charge in [-0.3, -0.25) is 0 Å². The van der Waals surface area contributed by atoms with Crippen LogP contribution in [0, 0.1) is 11.3 Å². The summed E-state index contributed by atoms with van der Waals surface area (Å²) in [4.78, 5) is 2.32. The fraction of sp³-hybridized carbons (Fsp3) is 0.235. The van der Waals surface area contributed by atoms with E-state index in [0.29, 0.717) is 17.3 Å². The van der Waals surface area contributed by atoms with Crippen molar-refractivity contribution in [3.63, 3.8) is 0 Å². The van der Waals surface area contributed by atoms with Crippen LogP contribution in [0.3, 0.4) is 0 Å². The van der Waals surface area contributed by atoms with Crippen molar-refractivity contribution >= 4 is 11.4 Å². The van der Waals surface area contributed by atoms with Gasteiger partial charge in [0.1, 0.15) is 6.07 Å². The minimum absolute atomic E-state index is 0.548. The van der Waals surface area contributed by atoms with Crippen molar-refractivity contribution in [3.8, 4) is 6.07 Å². The third-order valence-corrected chi connectivity index (χ3v) is 3.70. The first-order valence-electron chi connectivity index (χ1n) is 6.89. The normalized spacial score (nSPS) is 13.8. The van der Waals surface area contributed by atoms with E-state index in [1.807, 2.05) is 18.2 Å². The molecule has 0 atom stereocenters. The van der Waals surface area contributed by atoms with Crippen molar-refractivity contribution in [2.24, 2.45) is 0 Å². The topological polar surface area (TPSA) is 53.0 Å². The standard InChI is InChI=1S/C17H17N3/c18-11-14-7-4-8-16(17(14)19)20(15-9-10-15)12-13-5-2-1-3-6-13/h1-8,15H,9-10,12,19H2. The number of para-hydroxylation sites is 1. The number of nitrogens with zero attached hydrogens (tertiary/aromatic N) is 2. The van der Waals surface area contributed by atoms with E-state index in [1.165, 1.54) is 18.4 Å². The molecule has 2 aromatic carbocycles. The number of nitrogen functional groups attached to an aromatic ring is 1. The number of benzene rings is 2. The van der Waals surface area contributed by atoms with Crippen LogP contribution in [0.25, 0.3) is 0 Å². The average molecular weight is 263 g/mol. The smallest absolute Gasteiger partial charge is 0.101 e. The maximum atomic E-state index is 9.12. The number of nitriles is 1. The summed E-state index contributed by atoms with van der Waals surface area (Å²) in [5, 5.41) is 9.12. The predicted molar refractivity (Wildman–Crippen MR) is 81.2 cm³/mol. The molecule has 2 aromatic rings. The molecule has 1 fully saturated rings. The molecule has 100 valence electrons. The Labute approximate surface area is 119 Å². The van der Waals surface area contributed by atoms with Crippen LogP contribution in [0.15, 0.2) is 48.5 Å². The van der Waals surface area contributed by atoms with Gasteiger partial charge in [-0.2, -0.15) is 5.26 Å². The van der Waals surface area contributed by atoms with Gasteiger partial charge in [-0.05, 0) is 30.5 Å². The summed E-state index contributed by atoms with van der Waals surface area (Å²) < 4.78 is 0. The van der Waals surface area contributed by atoms with Gasteiger partial charge in [0.15, 0.2) is 0 Å². The number of hydrogen-bond acceptors (Lipinski definition) is 3. The molecule has 0 spiro atoms. The SMILES string of the molecule is N#Cc1cccc(N(Cc2ccccc2)C2CC2)c1N. The summed E-state index contributed by atoms with van der Waals surface area (Å²) in [6.45, 7) is 0.838. The van der Waals surface area contributed by atoms with Crippen LogP contribution >= 0.6 is 0 Å². The Morgan fingerprint density at radius 2 is 1.85 bits per heavy atom. The second-order valence-corrected chi connectivity index (χ2v) is 5.19. The monoisotopic (exact) mass is 263 g/mol. The molecule has 1 aliphatic carbocycles. The van der Waals surface area contributed by atoms with E-state index in [4.69, 9.17) is 11.0 Å². The van der Waals surface area contributed by atoms with E-state index >= 15 is 0 Å². The lowest BCUT2D eigenvalue weighted by Gasteiger charge is -2.26. The first-order valence-corrected chi connectivity index (χ1v) is 6.89. The highest BCUT2D eigenvalue weighted by Crippen LogP contribution is 2.37. The zero-order valence-corrected chi connectivity index (χ0v) is 11.3. The van der Waals surface area contributed by atoms with Crippen molar-refractivity contribution in [3.05, 3.63) is 59.7 Å². The molecule has 2 N–H and O–H groups in total. The van der Waals surface area contributed by atoms with Crippen LogP contribution in [-0.4, -0.2) is 6.04 Å². The molecule has 0 amide bonds. The number of nitrogens with two attached hydrogens (primary N) is 1. The van der Waals surface area contributed by atoms with Gasteiger partial charge in [0.2, 0.25) is 0 Å². The van der Waals surface area contributed by atoms with Gasteiger partial charge >= 0.3 is 0 Å². The lowest BCUT2D eigenvalue weighted by Crippen LogP contribution is -2.26. The molecule has 0 heterocycles. The largest absolute Gasteiger partial charge is 0.396 e.